The molecular weight excluding hydrogens is 402 g/mol. The quantitative estimate of drug-likeness (QED) is 0.323. The normalized spacial score (nSPS) is 11.4. The Hall–Kier alpha value is -3.34. The second-order valence-corrected chi connectivity index (χ2v) is 8.48. The van der Waals surface area contributed by atoms with E-state index in [-0.39, 0.29) is 5.57 Å². The number of benzene rings is 2. The SMILES string of the molecule is Cc1cccc(NC(=O)/C(C#N)=C/c2ccc(Sc3nc4ccccc4s3)o2)c1. The highest BCUT2D eigenvalue weighted by Gasteiger charge is 2.12. The van der Waals surface area contributed by atoms with Crippen molar-refractivity contribution in [2.24, 2.45) is 0 Å². The number of para-hydroxylation sites is 1. The zero-order valence-electron chi connectivity index (χ0n) is 15.4. The number of thiazole rings is 1. The molecule has 29 heavy (non-hydrogen) atoms. The van der Waals surface area contributed by atoms with E-state index in [2.05, 4.69) is 10.3 Å². The highest BCUT2D eigenvalue weighted by molar-refractivity contribution is 8.01. The van der Waals surface area contributed by atoms with Gasteiger partial charge in [-0.05, 0) is 60.6 Å². The maximum absolute atomic E-state index is 12.4. The molecule has 5 nitrogen and oxygen atoms in total. The van der Waals surface area contributed by atoms with Gasteiger partial charge in [-0.2, -0.15) is 5.26 Å². The molecule has 0 spiro atoms. The first-order valence-corrected chi connectivity index (χ1v) is 10.4. The third-order valence-corrected chi connectivity index (χ3v) is 6.01. The van der Waals surface area contributed by atoms with Crippen LogP contribution in [-0.2, 0) is 4.79 Å². The van der Waals surface area contributed by atoms with Crippen molar-refractivity contribution in [2.75, 3.05) is 5.32 Å². The summed E-state index contributed by atoms with van der Waals surface area (Å²) in [4.78, 5) is 17.0. The lowest BCUT2D eigenvalue weighted by atomic mass is 10.2. The van der Waals surface area contributed by atoms with Gasteiger partial charge in [0.05, 0.1) is 10.2 Å². The van der Waals surface area contributed by atoms with E-state index >= 15 is 0 Å². The largest absolute Gasteiger partial charge is 0.450 e. The number of amides is 1. The van der Waals surface area contributed by atoms with Crippen molar-refractivity contribution in [1.82, 2.24) is 4.98 Å². The van der Waals surface area contributed by atoms with Gasteiger partial charge in [-0.15, -0.1) is 11.3 Å². The molecule has 0 fully saturated rings. The topological polar surface area (TPSA) is 78.9 Å². The van der Waals surface area contributed by atoms with Crippen LogP contribution in [0.25, 0.3) is 16.3 Å². The van der Waals surface area contributed by atoms with E-state index in [4.69, 9.17) is 4.42 Å². The molecule has 0 aliphatic heterocycles. The summed E-state index contributed by atoms with van der Waals surface area (Å²) in [6.07, 6.45) is 1.44. The molecule has 0 bridgehead atoms. The van der Waals surface area contributed by atoms with Crippen molar-refractivity contribution in [2.45, 2.75) is 16.4 Å². The molecule has 142 valence electrons. The molecule has 2 aromatic carbocycles. The lowest BCUT2D eigenvalue weighted by Crippen LogP contribution is -2.13. The molecule has 0 aliphatic carbocycles. The molecule has 0 aliphatic rings. The average molecular weight is 418 g/mol. The summed E-state index contributed by atoms with van der Waals surface area (Å²) in [5.74, 6) is -0.0422. The molecule has 1 amide bonds. The van der Waals surface area contributed by atoms with Crippen LogP contribution < -0.4 is 5.32 Å². The highest BCUT2D eigenvalue weighted by Crippen LogP contribution is 2.35. The summed E-state index contributed by atoms with van der Waals surface area (Å²) in [5, 5.41) is 12.8. The number of nitriles is 1. The number of nitrogens with one attached hydrogen (secondary N) is 1. The van der Waals surface area contributed by atoms with Gasteiger partial charge in [0.25, 0.3) is 5.91 Å². The number of fused-ring (bicyclic) bond motifs is 1. The number of nitrogens with zero attached hydrogens (tertiary/aromatic N) is 2. The number of rotatable bonds is 5. The number of anilines is 1. The highest BCUT2D eigenvalue weighted by atomic mass is 32.2. The van der Waals surface area contributed by atoms with Crippen LogP contribution in [0.1, 0.15) is 11.3 Å². The number of furan rings is 1. The van der Waals surface area contributed by atoms with E-state index in [0.29, 0.717) is 16.5 Å². The molecule has 0 atom stereocenters. The number of hydrogen-bond acceptors (Lipinski definition) is 6. The summed E-state index contributed by atoms with van der Waals surface area (Å²) in [7, 11) is 0. The fourth-order valence-electron chi connectivity index (χ4n) is 2.66. The third kappa shape index (κ3) is 4.57. The lowest BCUT2D eigenvalue weighted by molar-refractivity contribution is -0.112. The molecule has 2 aromatic heterocycles. The number of carbonyl (C=O) groups excluding carboxylic acids is 1. The van der Waals surface area contributed by atoms with Gasteiger partial charge in [0.15, 0.2) is 9.43 Å². The number of aromatic nitrogens is 1. The summed E-state index contributed by atoms with van der Waals surface area (Å²) >= 11 is 3.00. The Bertz CT molecular complexity index is 1230. The zero-order chi connectivity index (χ0) is 20.2. The van der Waals surface area contributed by atoms with Crippen molar-refractivity contribution < 1.29 is 9.21 Å². The van der Waals surface area contributed by atoms with Crippen LogP contribution in [0.4, 0.5) is 5.69 Å². The Morgan fingerprint density at radius 3 is 2.86 bits per heavy atom. The van der Waals surface area contributed by atoms with Crippen LogP contribution in [0.15, 0.2) is 80.1 Å². The monoisotopic (exact) mass is 417 g/mol. The van der Waals surface area contributed by atoms with E-state index in [1.165, 1.54) is 17.8 Å². The number of carbonyl (C=O) groups is 1. The van der Waals surface area contributed by atoms with Gasteiger partial charge in [0, 0.05) is 11.8 Å². The van der Waals surface area contributed by atoms with Gasteiger partial charge in [0.2, 0.25) is 0 Å². The predicted molar refractivity (Wildman–Crippen MR) is 116 cm³/mol. The van der Waals surface area contributed by atoms with Gasteiger partial charge in [0.1, 0.15) is 17.4 Å². The lowest BCUT2D eigenvalue weighted by Gasteiger charge is -2.04. The van der Waals surface area contributed by atoms with E-state index in [1.54, 1.807) is 29.5 Å². The minimum atomic E-state index is -0.477. The fourth-order valence-corrected chi connectivity index (χ4v) is 4.63. The minimum absolute atomic E-state index is 0.0302. The summed E-state index contributed by atoms with van der Waals surface area (Å²) in [6, 6.07) is 20.8. The zero-order valence-corrected chi connectivity index (χ0v) is 17.0. The number of hydrogen-bond donors (Lipinski definition) is 1. The minimum Gasteiger partial charge on any atom is -0.450 e. The van der Waals surface area contributed by atoms with E-state index in [0.717, 1.165) is 20.1 Å². The van der Waals surface area contributed by atoms with Crippen molar-refractivity contribution >= 4 is 51.0 Å². The van der Waals surface area contributed by atoms with E-state index < -0.39 is 5.91 Å². The van der Waals surface area contributed by atoms with Gasteiger partial charge < -0.3 is 9.73 Å². The van der Waals surface area contributed by atoms with Crippen LogP contribution in [0, 0.1) is 18.3 Å². The smallest absolute Gasteiger partial charge is 0.266 e. The Balaban J connectivity index is 1.49. The van der Waals surface area contributed by atoms with Crippen molar-refractivity contribution in [3.8, 4) is 6.07 Å². The molecule has 1 N–H and O–H groups in total. The molecular formula is C22H15N3O2S2. The van der Waals surface area contributed by atoms with Crippen molar-refractivity contribution in [1.29, 1.82) is 5.26 Å². The first-order valence-electron chi connectivity index (χ1n) is 8.74. The van der Waals surface area contributed by atoms with Crippen LogP contribution in [0.3, 0.4) is 0 Å². The molecule has 0 radical (unpaired) electrons. The molecule has 0 saturated carbocycles. The van der Waals surface area contributed by atoms with Crippen LogP contribution in [-0.4, -0.2) is 10.9 Å². The first kappa shape index (κ1) is 19.0. The van der Waals surface area contributed by atoms with Gasteiger partial charge in [-0.3, -0.25) is 4.79 Å². The van der Waals surface area contributed by atoms with Crippen LogP contribution >= 0.6 is 23.1 Å². The Labute approximate surface area is 175 Å². The molecule has 4 rings (SSSR count). The maximum atomic E-state index is 12.4. The molecule has 0 saturated heterocycles. The fraction of sp³-hybridized carbons (Fsp3) is 0.0455. The summed E-state index contributed by atoms with van der Waals surface area (Å²) in [5.41, 5.74) is 2.58. The average Bonchev–Trinajstić information content (AvgIpc) is 3.32. The second-order valence-electron chi connectivity index (χ2n) is 6.20. The second kappa shape index (κ2) is 8.35. The van der Waals surface area contributed by atoms with E-state index in [9.17, 15) is 10.1 Å². The van der Waals surface area contributed by atoms with Gasteiger partial charge >= 0.3 is 0 Å². The van der Waals surface area contributed by atoms with Crippen LogP contribution in [0.2, 0.25) is 0 Å². The predicted octanol–water partition coefficient (Wildman–Crippen LogP) is 5.89. The third-order valence-electron chi connectivity index (χ3n) is 3.99. The Kier molecular flexibility index (Phi) is 5.47. The van der Waals surface area contributed by atoms with Crippen molar-refractivity contribution in [3.63, 3.8) is 0 Å². The van der Waals surface area contributed by atoms with Crippen LogP contribution in [0.5, 0.6) is 0 Å². The van der Waals surface area contributed by atoms with Gasteiger partial charge in [-0.1, -0.05) is 24.3 Å². The molecule has 7 heteroatoms. The van der Waals surface area contributed by atoms with Gasteiger partial charge in [-0.25, -0.2) is 4.98 Å². The van der Waals surface area contributed by atoms with E-state index in [1.807, 2.05) is 55.5 Å². The summed E-state index contributed by atoms with van der Waals surface area (Å²) in [6.45, 7) is 1.93. The molecule has 4 aromatic rings. The molecule has 0 unspecified atom stereocenters. The Morgan fingerprint density at radius 2 is 2.07 bits per heavy atom. The Morgan fingerprint density at radius 1 is 1.21 bits per heavy atom. The van der Waals surface area contributed by atoms with Crippen molar-refractivity contribution in [3.05, 3.63) is 77.6 Å². The maximum Gasteiger partial charge on any atom is 0.266 e. The summed E-state index contributed by atoms with van der Waals surface area (Å²) < 4.78 is 7.74. The molecule has 2 heterocycles. The standard InChI is InChI=1S/C22H15N3O2S2/c1-14-5-4-6-16(11-14)24-21(26)15(13-23)12-17-9-10-20(27-17)29-22-25-18-7-2-3-8-19(18)28-22/h2-12H,1H3,(H,24,26)/b15-12+. The number of aryl methyl sites for hydroxylation is 1. The first-order chi connectivity index (χ1) is 14.1.